The lowest BCUT2D eigenvalue weighted by Crippen LogP contribution is -2.21. The molecule has 0 radical (unpaired) electrons. The number of benzene rings is 3. The van der Waals surface area contributed by atoms with E-state index < -0.39 is 82.5 Å². The van der Waals surface area contributed by atoms with E-state index in [0.717, 1.165) is 12.1 Å². The molecule has 0 heterocycles. The first-order valence-corrected chi connectivity index (χ1v) is 14.1. The van der Waals surface area contributed by atoms with Crippen LogP contribution in [-0.4, -0.2) is 34.8 Å². The molecule has 2 atom stereocenters. The van der Waals surface area contributed by atoms with Crippen LogP contribution in [0.3, 0.4) is 0 Å². The second kappa shape index (κ2) is 12.8. The highest BCUT2D eigenvalue weighted by atomic mass is 79.9. The number of carbonyl (C=O) groups is 3. The molecule has 1 aliphatic carbocycles. The Labute approximate surface area is 263 Å². The van der Waals surface area contributed by atoms with E-state index in [1.54, 1.807) is 0 Å². The first kappa shape index (κ1) is 33.3. The second-order valence-electron chi connectivity index (χ2n) is 9.54. The highest BCUT2D eigenvalue weighted by Crippen LogP contribution is 2.65. The van der Waals surface area contributed by atoms with Crippen LogP contribution in [0.25, 0.3) is 0 Å². The Bertz CT molecular complexity index is 1620. The van der Waals surface area contributed by atoms with Gasteiger partial charge in [0.15, 0.2) is 11.6 Å². The first-order valence-electron chi connectivity index (χ1n) is 12.1. The van der Waals surface area contributed by atoms with Gasteiger partial charge in [-0.25, -0.2) is 13.2 Å². The fraction of sp³-hybridized carbons (Fsp3) is 0.250. The number of hydrogen-bond acceptors (Lipinski definition) is 4. The van der Waals surface area contributed by atoms with Gasteiger partial charge in [-0.3, -0.25) is 19.1 Å². The van der Waals surface area contributed by atoms with E-state index in [2.05, 4.69) is 26.0 Å². The first-order chi connectivity index (χ1) is 20.0. The zero-order valence-corrected chi connectivity index (χ0v) is 25.2. The minimum absolute atomic E-state index is 0.0605. The minimum Gasteiger partial charge on any atom is -0.326 e. The number of nitrogens with one attached hydrogen (secondary N) is 1. The summed E-state index contributed by atoms with van der Waals surface area (Å²) in [6, 6.07) is 9.72. The molecule has 1 amide bonds. The van der Waals surface area contributed by atoms with Gasteiger partial charge < -0.3 is 5.32 Å². The van der Waals surface area contributed by atoms with Crippen molar-refractivity contribution < 1.29 is 45.5 Å². The van der Waals surface area contributed by atoms with Crippen LogP contribution < -0.4 is 5.32 Å². The number of carbonyl (C=O) groups excluding carboxylic acids is 3. The van der Waals surface area contributed by atoms with Crippen molar-refractivity contribution in [1.82, 2.24) is 0 Å². The van der Waals surface area contributed by atoms with Crippen molar-refractivity contribution in [1.29, 1.82) is 0 Å². The van der Waals surface area contributed by atoms with Crippen LogP contribution in [0.15, 0.2) is 53.0 Å². The van der Waals surface area contributed by atoms with Gasteiger partial charge in [-0.1, -0.05) is 23.7 Å². The summed E-state index contributed by atoms with van der Waals surface area (Å²) in [4.78, 5) is 37.9. The number of ketones is 2. The number of amides is 1. The average molecular weight is 732 g/mol. The summed E-state index contributed by atoms with van der Waals surface area (Å²) in [6.45, 7) is -1.45. The number of anilines is 1. The molecule has 15 heteroatoms. The molecule has 0 saturated heterocycles. The smallest absolute Gasteiger partial charge is 0.326 e. The number of alkyl halides is 5. The Balaban J connectivity index is 1.48. The van der Waals surface area contributed by atoms with Crippen molar-refractivity contribution in [2.24, 2.45) is 5.92 Å². The number of rotatable bonds is 10. The lowest BCUT2D eigenvalue weighted by molar-refractivity contribution is -0.320. The zero-order valence-electron chi connectivity index (χ0n) is 21.3. The Morgan fingerprint density at radius 2 is 1.63 bits per heavy atom. The van der Waals surface area contributed by atoms with Gasteiger partial charge in [0.25, 0.3) is 0 Å². The van der Waals surface area contributed by atoms with Gasteiger partial charge in [0.05, 0.1) is 15.4 Å². The largest absolute Gasteiger partial charge is 0.522 e. The number of Topliss-reactive ketones (excluding diaryl/α,β-unsaturated/α-hetero) is 2. The third-order valence-corrected chi connectivity index (χ3v) is 8.44. The van der Waals surface area contributed by atoms with Crippen LogP contribution in [0.4, 0.5) is 32.0 Å². The molecule has 0 bridgehead atoms. The van der Waals surface area contributed by atoms with E-state index in [1.807, 2.05) is 0 Å². The van der Waals surface area contributed by atoms with Crippen molar-refractivity contribution >= 4 is 73.9 Å². The molecule has 4 rings (SSSR count). The average Bonchev–Trinajstić information content (AvgIpc) is 3.50. The molecule has 43 heavy (non-hydrogen) atoms. The van der Waals surface area contributed by atoms with E-state index >= 15 is 4.39 Å². The standard InChI is InChI=1S/C28H17BrCl3F6NO4/c29-18-7-12(1-6-21(18)34)23-24(27(23,31)32)26(42)39-14-3-4-19(30)16(9-14)22(41)8-13-2-5-20(33)17(25(13)35)10-15(40)11-43-28(36,37)38/h1-7,9,23-24H,8,10-11H2,(H,39,42)/t23-,24+/m0/s1. The molecule has 0 aliphatic heterocycles. The molecule has 0 aromatic heterocycles. The van der Waals surface area contributed by atoms with Crippen LogP contribution in [0.5, 0.6) is 0 Å². The molecule has 228 valence electrons. The van der Waals surface area contributed by atoms with Crippen LogP contribution >= 0.6 is 50.7 Å². The summed E-state index contributed by atoms with van der Waals surface area (Å²) in [7, 11) is 0. The van der Waals surface area contributed by atoms with Crippen LogP contribution in [0.2, 0.25) is 5.02 Å². The molecule has 1 fully saturated rings. The monoisotopic (exact) mass is 729 g/mol. The summed E-state index contributed by atoms with van der Waals surface area (Å²) in [5.74, 6) is -7.20. The van der Waals surface area contributed by atoms with Gasteiger partial charge in [0.1, 0.15) is 28.4 Å². The SMILES string of the molecule is O=C(COC(F)(F)F)Cc1c(F)ccc(CC(=O)c2cc(NC(=O)[C@H]3[C@H](c4ccc(F)c(Br)c4)C3(Cl)Cl)ccc2Cl)c1F. The molecular formula is C28H17BrCl3F6NO4. The highest BCUT2D eigenvalue weighted by molar-refractivity contribution is 9.10. The third-order valence-electron chi connectivity index (χ3n) is 6.56. The van der Waals surface area contributed by atoms with Crippen molar-refractivity contribution in [2.75, 3.05) is 11.9 Å². The van der Waals surface area contributed by atoms with Gasteiger partial charge >= 0.3 is 6.36 Å². The normalized spacial score (nSPS) is 17.4. The van der Waals surface area contributed by atoms with E-state index in [1.165, 1.54) is 36.4 Å². The van der Waals surface area contributed by atoms with Crippen molar-refractivity contribution in [2.45, 2.75) is 29.5 Å². The maximum atomic E-state index is 15.0. The predicted octanol–water partition coefficient (Wildman–Crippen LogP) is 8.12. The quantitative estimate of drug-likeness (QED) is 0.130. The van der Waals surface area contributed by atoms with E-state index in [9.17, 15) is 36.3 Å². The molecule has 3 aromatic rings. The fourth-order valence-electron chi connectivity index (χ4n) is 4.43. The second-order valence-corrected chi connectivity index (χ2v) is 12.2. The molecule has 0 spiro atoms. The minimum atomic E-state index is -5.11. The fourth-order valence-corrected chi connectivity index (χ4v) is 5.88. The summed E-state index contributed by atoms with van der Waals surface area (Å²) in [6.07, 6.45) is -6.82. The maximum absolute atomic E-state index is 15.0. The Morgan fingerprint density at radius 3 is 2.28 bits per heavy atom. The van der Waals surface area contributed by atoms with Crippen molar-refractivity contribution in [3.8, 4) is 0 Å². The third kappa shape index (κ3) is 7.72. The summed E-state index contributed by atoms with van der Waals surface area (Å²) in [5, 5.41) is 2.53. The summed E-state index contributed by atoms with van der Waals surface area (Å²) >= 11 is 21.9. The summed E-state index contributed by atoms with van der Waals surface area (Å²) < 4.78 is 81.5. The van der Waals surface area contributed by atoms with Gasteiger partial charge in [0.2, 0.25) is 5.91 Å². The van der Waals surface area contributed by atoms with Gasteiger partial charge in [0, 0.05) is 35.6 Å². The molecule has 1 aliphatic rings. The molecule has 5 nitrogen and oxygen atoms in total. The number of halogens is 10. The van der Waals surface area contributed by atoms with Crippen LogP contribution in [0.1, 0.15) is 33.0 Å². The van der Waals surface area contributed by atoms with E-state index in [0.29, 0.717) is 5.56 Å². The zero-order chi connectivity index (χ0) is 31.9. The Morgan fingerprint density at radius 1 is 0.953 bits per heavy atom. The van der Waals surface area contributed by atoms with E-state index in [-0.39, 0.29) is 26.3 Å². The molecule has 3 aromatic carbocycles. The number of ether oxygens (including phenoxy) is 1. The Hall–Kier alpha value is -2.64. The Kier molecular flexibility index (Phi) is 9.87. The van der Waals surface area contributed by atoms with Crippen LogP contribution in [-0.2, 0) is 27.2 Å². The van der Waals surface area contributed by atoms with Gasteiger partial charge in [-0.15, -0.1) is 36.4 Å². The van der Waals surface area contributed by atoms with Gasteiger partial charge in [-0.05, 0) is 63.5 Å². The summed E-state index contributed by atoms with van der Waals surface area (Å²) in [5.41, 5.74) is -0.691. The van der Waals surface area contributed by atoms with Gasteiger partial charge in [-0.2, -0.15) is 0 Å². The molecule has 1 N–H and O–H groups in total. The maximum Gasteiger partial charge on any atom is 0.522 e. The van der Waals surface area contributed by atoms with Crippen molar-refractivity contribution in [3.05, 3.63) is 97.7 Å². The molecule has 0 unspecified atom stereocenters. The van der Waals surface area contributed by atoms with Crippen LogP contribution in [0, 0.1) is 23.4 Å². The van der Waals surface area contributed by atoms with E-state index in [4.69, 9.17) is 34.8 Å². The lowest BCUT2D eigenvalue weighted by atomic mass is 9.98. The molecule has 1 saturated carbocycles. The molecular weight excluding hydrogens is 715 g/mol. The number of hydrogen-bond donors (Lipinski definition) is 1. The predicted molar refractivity (Wildman–Crippen MR) is 150 cm³/mol. The lowest BCUT2D eigenvalue weighted by Gasteiger charge is -2.12. The van der Waals surface area contributed by atoms with Crippen molar-refractivity contribution in [3.63, 3.8) is 0 Å². The highest BCUT2D eigenvalue weighted by Gasteiger charge is 2.67. The topological polar surface area (TPSA) is 72.5 Å².